The van der Waals surface area contributed by atoms with Crippen LogP contribution in [0.25, 0.3) is 0 Å². The molecule has 1 atom stereocenters. The number of aliphatic imine (C=N–C) groups is 1. The van der Waals surface area contributed by atoms with Crippen LogP contribution in [0.15, 0.2) is 17.1 Å². The van der Waals surface area contributed by atoms with Crippen molar-refractivity contribution in [1.82, 2.24) is 0 Å². The molecule has 5 N–H and O–H groups in total. The number of hydrogen-bond donors (Lipinski definition) is 3. The predicted molar refractivity (Wildman–Crippen MR) is 70.6 cm³/mol. The first kappa shape index (κ1) is 20.6. The van der Waals surface area contributed by atoms with Crippen LogP contribution in [0.1, 0.15) is 20.3 Å². The van der Waals surface area contributed by atoms with E-state index in [9.17, 15) is 4.79 Å². The molecule has 0 saturated heterocycles. The van der Waals surface area contributed by atoms with Gasteiger partial charge in [-0.25, -0.2) is 0 Å². The molecule has 0 spiro atoms. The molecule has 0 heterocycles. The number of carboxylic acid groups (broad SMARTS) is 1. The molecule has 16 heavy (non-hydrogen) atoms. The van der Waals surface area contributed by atoms with E-state index in [0.717, 1.165) is 0 Å². The number of amidine groups is 1. The summed E-state index contributed by atoms with van der Waals surface area (Å²) in [7, 11) is 0. The van der Waals surface area contributed by atoms with Gasteiger partial charge in [0.25, 0.3) is 0 Å². The van der Waals surface area contributed by atoms with Crippen LogP contribution in [0.5, 0.6) is 0 Å². The molecule has 5 nitrogen and oxygen atoms in total. The minimum Gasteiger partial charge on any atom is -0.480 e. The molecular weight excluding hydrogens is 253 g/mol. The van der Waals surface area contributed by atoms with Gasteiger partial charge in [0, 0.05) is 0 Å². The lowest BCUT2D eigenvalue weighted by Crippen LogP contribution is -2.44. The normalized spacial score (nSPS) is 14.8. The Morgan fingerprint density at radius 1 is 1.44 bits per heavy atom. The fourth-order valence-corrected chi connectivity index (χ4v) is 0.687. The first-order valence-electron chi connectivity index (χ1n) is 4.30. The van der Waals surface area contributed by atoms with Gasteiger partial charge in [0.1, 0.15) is 5.54 Å². The molecule has 7 heteroatoms. The third-order valence-corrected chi connectivity index (χ3v) is 1.64. The minimum absolute atomic E-state index is 0. The molecule has 0 aliphatic rings. The molecule has 1 unspecified atom stereocenters. The monoisotopic (exact) mass is 271 g/mol. The molecule has 0 bridgehead atoms. The highest BCUT2D eigenvalue weighted by Gasteiger charge is 2.25. The Balaban J connectivity index is -0.000000845. The molecule has 0 amide bonds. The lowest BCUT2D eigenvalue weighted by atomic mass is 10.00. The molecule has 0 aliphatic carbocycles. The molecule has 0 aromatic rings. The number of nitrogens with zero attached hydrogens (tertiary/aromatic N) is 1. The van der Waals surface area contributed by atoms with Crippen molar-refractivity contribution in [3.8, 4) is 0 Å². The molecule has 96 valence electrons. The number of nitrogens with two attached hydrogens (primary N) is 2. The van der Waals surface area contributed by atoms with E-state index in [1.54, 1.807) is 19.1 Å². The third-order valence-electron chi connectivity index (χ3n) is 1.64. The third kappa shape index (κ3) is 9.76. The van der Waals surface area contributed by atoms with E-state index in [0.29, 0.717) is 12.4 Å². The van der Waals surface area contributed by atoms with Gasteiger partial charge in [0.2, 0.25) is 0 Å². The zero-order chi connectivity index (χ0) is 11.2. The maximum Gasteiger partial charge on any atom is 0.323 e. The van der Waals surface area contributed by atoms with Crippen molar-refractivity contribution in [2.24, 2.45) is 16.5 Å². The van der Waals surface area contributed by atoms with Crippen molar-refractivity contribution in [1.29, 1.82) is 0 Å². The van der Waals surface area contributed by atoms with Gasteiger partial charge in [-0.3, -0.25) is 9.79 Å². The van der Waals surface area contributed by atoms with Gasteiger partial charge < -0.3 is 16.6 Å². The van der Waals surface area contributed by atoms with Crippen molar-refractivity contribution in [3.63, 3.8) is 0 Å². The summed E-state index contributed by atoms with van der Waals surface area (Å²) < 4.78 is 0. The predicted octanol–water partition coefficient (Wildman–Crippen LogP) is 0.955. The van der Waals surface area contributed by atoms with Crippen molar-refractivity contribution in [2.75, 3.05) is 6.54 Å². The van der Waals surface area contributed by atoms with Crippen LogP contribution in [0.2, 0.25) is 0 Å². The SMILES string of the molecule is CC(N)=NC/C=C/CC(C)(N)C(=O)O.Cl.Cl. The average molecular weight is 272 g/mol. The Morgan fingerprint density at radius 3 is 2.31 bits per heavy atom. The van der Waals surface area contributed by atoms with Crippen LogP contribution < -0.4 is 11.5 Å². The quantitative estimate of drug-likeness (QED) is 0.394. The largest absolute Gasteiger partial charge is 0.480 e. The van der Waals surface area contributed by atoms with E-state index in [1.807, 2.05) is 0 Å². The molecule has 0 aliphatic heterocycles. The van der Waals surface area contributed by atoms with Gasteiger partial charge in [-0.2, -0.15) is 0 Å². The first-order chi connectivity index (χ1) is 6.36. The van der Waals surface area contributed by atoms with Crippen LogP contribution in [0.3, 0.4) is 0 Å². The highest BCUT2D eigenvalue weighted by atomic mass is 35.5. The maximum atomic E-state index is 10.6. The Bertz CT molecular complexity index is 261. The van der Waals surface area contributed by atoms with Gasteiger partial charge in [-0.1, -0.05) is 12.2 Å². The van der Waals surface area contributed by atoms with E-state index >= 15 is 0 Å². The first-order valence-corrected chi connectivity index (χ1v) is 4.30. The standard InChI is InChI=1S/C9H17N3O2.2ClH/c1-7(10)12-6-4-3-5-9(2,11)8(13)14;;/h3-4H,5-6,11H2,1-2H3,(H2,10,12)(H,13,14);2*1H/b4-3+;;. The van der Waals surface area contributed by atoms with E-state index in [4.69, 9.17) is 16.6 Å². The molecule has 0 fully saturated rings. The van der Waals surface area contributed by atoms with Crippen LogP contribution in [-0.4, -0.2) is 29.0 Å². The summed E-state index contributed by atoms with van der Waals surface area (Å²) in [4.78, 5) is 14.5. The smallest absolute Gasteiger partial charge is 0.323 e. The van der Waals surface area contributed by atoms with E-state index in [-0.39, 0.29) is 31.2 Å². The zero-order valence-corrected chi connectivity index (χ0v) is 11.0. The van der Waals surface area contributed by atoms with Crippen LogP contribution >= 0.6 is 24.8 Å². The van der Waals surface area contributed by atoms with E-state index in [2.05, 4.69) is 4.99 Å². The second-order valence-electron chi connectivity index (χ2n) is 3.38. The second-order valence-corrected chi connectivity index (χ2v) is 3.38. The summed E-state index contributed by atoms with van der Waals surface area (Å²) in [6, 6.07) is 0. The van der Waals surface area contributed by atoms with Gasteiger partial charge in [0.15, 0.2) is 0 Å². The van der Waals surface area contributed by atoms with Gasteiger partial charge in [-0.15, -0.1) is 24.8 Å². The van der Waals surface area contributed by atoms with Gasteiger partial charge in [-0.05, 0) is 20.3 Å². The van der Waals surface area contributed by atoms with Crippen LogP contribution in [0.4, 0.5) is 0 Å². The summed E-state index contributed by atoms with van der Waals surface area (Å²) in [5, 5.41) is 8.68. The molecule has 0 aromatic carbocycles. The summed E-state index contributed by atoms with van der Waals surface area (Å²) in [6.07, 6.45) is 3.71. The second kappa shape index (κ2) is 9.45. The van der Waals surface area contributed by atoms with Crippen molar-refractivity contribution in [2.45, 2.75) is 25.8 Å². The lowest BCUT2D eigenvalue weighted by molar-refractivity contribution is -0.142. The Morgan fingerprint density at radius 2 is 1.94 bits per heavy atom. The Kier molecular flexibility index (Phi) is 12.2. The van der Waals surface area contributed by atoms with Crippen molar-refractivity contribution in [3.05, 3.63) is 12.2 Å². The van der Waals surface area contributed by atoms with Crippen molar-refractivity contribution >= 4 is 36.6 Å². The number of aliphatic carboxylic acids is 1. The fourth-order valence-electron chi connectivity index (χ4n) is 0.687. The van der Waals surface area contributed by atoms with Gasteiger partial charge >= 0.3 is 5.97 Å². The highest BCUT2D eigenvalue weighted by molar-refractivity contribution is 5.85. The number of halogens is 2. The average Bonchev–Trinajstić information content (AvgIpc) is 2.02. The molecule has 0 rings (SSSR count). The fraction of sp³-hybridized carbons (Fsp3) is 0.556. The minimum atomic E-state index is -1.21. The van der Waals surface area contributed by atoms with Crippen molar-refractivity contribution < 1.29 is 9.90 Å². The Hall–Kier alpha value is -0.780. The summed E-state index contributed by atoms with van der Waals surface area (Å²) in [5.41, 5.74) is 9.59. The zero-order valence-electron chi connectivity index (χ0n) is 9.34. The summed E-state index contributed by atoms with van der Waals surface area (Å²) >= 11 is 0. The molecular formula is C9H19Cl2N3O2. The number of rotatable bonds is 5. The molecule has 0 radical (unpaired) electrons. The summed E-state index contributed by atoms with van der Waals surface area (Å²) in [5.74, 6) is -0.510. The maximum absolute atomic E-state index is 10.6. The molecule has 0 aromatic heterocycles. The molecule has 0 saturated carbocycles. The summed E-state index contributed by atoms with van der Waals surface area (Å²) in [6.45, 7) is 3.62. The Labute approximate surface area is 108 Å². The van der Waals surface area contributed by atoms with Crippen LogP contribution in [-0.2, 0) is 4.79 Å². The highest BCUT2D eigenvalue weighted by Crippen LogP contribution is 2.06. The van der Waals surface area contributed by atoms with Gasteiger partial charge in [0.05, 0.1) is 12.4 Å². The van der Waals surface area contributed by atoms with E-state index in [1.165, 1.54) is 6.92 Å². The van der Waals surface area contributed by atoms with E-state index < -0.39 is 11.5 Å². The number of hydrogen-bond acceptors (Lipinski definition) is 3. The number of carbonyl (C=O) groups is 1. The van der Waals surface area contributed by atoms with Crippen LogP contribution in [0, 0.1) is 0 Å². The lowest BCUT2D eigenvalue weighted by Gasteiger charge is -2.15. The number of carboxylic acids is 1. The topological polar surface area (TPSA) is 102 Å².